The molecule has 2 heterocycles. The van der Waals surface area contributed by atoms with Crippen LogP contribution in [0.15, 0.2) is 15.2 Å². The largest absolute Gasteiger partial charge is 0.444 e. The van der Waals surface area contributed by atoms with Gasteiger partial charge in [-0.1, -0.05) is 5.16 Å². The van der Waals surface area contributed by atoms with Crippen LogP contribution in [0.3, 0.4) is 0 Å². The number of carbonyl (C=O) groups excluding carboxylic acids is 1. The highest BCUT2D eigenvalue weighted by molar-refractivity contribution is 9.10. The minimum absolute atomic E-state index is 0.205. The Labute approximate surface area is 115 Å². The Morgan fingerprint density at radius 1 is 1.61 bits per heavy atom. The molecule has 1 unspecified atom stereocenters. The summed E-state index contributed by atoms with van der Waals surface area (Å²) in [5.41, 5.74) is -0.454. The molecule has 1 fully saturated rings. The summed E-state index contributed by atoms with van der Waals surface area (Å²) < 4.78 is 11.2. The molecule has 0 saturated carbocycles. The van der Waals surface area contributed by atoms with E-state index in [0.29, 0.717) is 17.7 Å². The van der Waals surface area contributed by atoms with Crippen LogP contribution in [-0.4, -0.2) is 34.8 Å². The molecule has 100 valence electrons. The van der Waals surface area contributed by atoms with Crippen LogP contribution in [-0.2, 0) is 4.74 Å². The number of likely N-dealkylation sites (tertiary alicyclic amines) is 1. The fourth-order valence-corrected chi connectivity index (χ4v) is 2.24. The molecule has 0 radical (unpaired) electrons. The van der Waals surface area contributed by atoms with Crippen LogP contribution in [0.2, 0.25) is 0 Å². The molecular formula is C12H17BrN2O3. The molecular weight excluding hydrogens is 300 g/mol. The van der Waals surface area contributed by atoms with Crippen molar-refractivity contribution in [1.82, 2.24) is 10.1 Å². The second-order valence-corrected chi connectivity index (χ2v) is 6.28. The van der Waals surface area contributed by atoms with Gasteiger partial charge in [-0.3, -0.25) is 0 Å². The normalized spacial score (nSPS) is 20.2. The number of carbonyl (C=O) groups is 1. The van der Waals surface area contributed by atoms with Gasteiger partial charge in [0, 0.05) is 25.1 Å². The predicted octanol–water partition coefficient (Wildman–Crippen LogP) is 3.16. The van der Waals surface area contributed by atoms with Crippen molar-refractivity contribution in [3.8, 4) is 0 Å². The number of ether oxygens (including phenoxy) is 1. The average Bonchev–Trinajstić information content (AvgIpc) is 2.82. The third-order valence-corrected chi connectivity index (χ3v) is 3.12. The molecule has 1 aliphatic heterocycles. The maximum Gasteiger partial charge on any atom is 0.410 e. The van der Waals surface area contributed by atoms with Crippen molar-refractivity contribution in [2.24, 2.45) is 0 Å². The van der Waals surface area contributed by atoms with Crippen molar-refractivity contribution in [2.45, 2.75) is 38.7 Å². The summed E-state index contributed by atoms with van der Waals surface area (Å²) in [4.78, 5) is 13.6. The molecule has 0 spiro atoms. The maximum atomic E-state index is 11.9. The van der Waals surface area contributed by atoms with E-state index in [9.17, 15) is 4.79 Å². The Bertz CT molecular complexity index is 439. The minimum atomic E-state index is -0.454. The van der Waals surface area contributed by atoms with Gasteiger partial charge in [0.25, 0.3) is 0 Å². The third-order valence-electron chi connectivity index (χ3n) is 2.74. The molecule has 2 rings (SSSR count). The fourth-order valence-electron chi connectivity index (χ4n) is 1.94. The highest BCUT2D eigenvalue weighted by Gasteiger charge is 2.32. The summed E-state index contributed by atoms with van der Waals surface area (Å²) in [7, 11) is 0. The van der Waals surface area contributed by atoms with Gasteiger partial charge in [0.15, 0.2) is 0 Å². The van der Waals surface area contributed by atoms with Gasteiger partial charge in [0.2, 0.25) is 0 Å². The zero-order valence-electron chi connectivity index (χ0n) is 10.8. The molecule has 6 heteroatoms. The summed E-state index contributed by atoms with van der Waals surface area (Å²) in [5.74, 6) is 1.02. The van der Waals surface area contributed by atoms with Crippen LogP contribution in [0.5, 0.6) is 0 Å². The summed E-state index contributed by atoms with van der Waals surface area (Å²) in [6, 6.07) is 1.85. The van der Waals surface area contributed by atoms with Gasteiger partial charge in [0.1, 0.15) is 16.0 Å². The number of nitrogens with zero attached hydrogens (tertiary/aromatic N) is 2. The van der Waals surface area contributed by atoms with E-state index in [0.717, 1.165) is 12.2 Å². The standard InChI is InChI=1S/C12H17BrN2O3/c1-12(2,3)17-11(16)15-5-4-8(7-15)9-6-10(13)14-18-9/h6,8H,4-5,7H2,1-3H3. The van der Waals surface area contributed by atoms with Gasteiger partial charge in [-0.15, -0.1) is 0 Å². The number of hydrogen-bond donors (Lipinski definition) is 0. The Hall–Kier alpha value is -1.04. The quantitative estimate of drug-likeness (QED) is 0.798. The van der Waals surface area contributed by atoms with Crippen LogP contribution >= 0.6 is 15.9 Å². The van der Waals surface area contributed by atoms with Gasteiger partial charge in [-0.25, -0.2) is 4.79 Å². The first-order valence-electron chi connectivity index (χ1n) is 5.95. The van der Waals surface area contributed by atoms with Crippen LogP contribution in [0.4, 0.5) is 4.79 Å². The lowest BCUT2D eigenvalue weighted by molar-refractivity contribution is 0.0291. The molecule has 0 aliphatic carbocycles. The third kappa shape index (κ3) is 3.25. The lowest BCUT2D eigenvalue weighted by Gasteiger charge is -2.24. The minimum Gasteiger partial charge on any atom is -0.444 e. The first kappa shape index (κ1) is 13.4. The van der Waals surface area contributed by atoms with E-state index in [-0.39, 0.29) is 12.0 Å². The van der Waals surface area contributed by atoms with Crippen molar-refractivity contribution in [3.05, 3.63) is 16.4 Å². The lowest BCUT2D eigenvalue weighted by atomic mass is 10.1. The predicted molar refractivity (Wildman–Crippen MR) is 69.4 cm³/mol. The van der Waals surface area contributed by atoms with E-state index in [1.165, 1.54) is 0 Å². The number of hydrogen-bond acceptors (Lipinski definition) is 4. The second kappa shape index (κ2) is 4.91. The Kier molecular flexibility index (Phi) is 3.66. The summed E-state index contributed by atoms with van der Waals surface area (Å²) in [6.07, 6.45) is 0.615. The van der Waals surface area contributed by atoms with Gasteiger partial charge in [-0.2, -0.15) is 0 Å². The molecule has 1 atom stereocenters. The Morgan fingerprint density at radius 3 is 2.89 bits per heavy atom. The molecule has 1 amide bonds. The summed E-state index contributed by atoms with van der Waals surface area (Å²) >= 11 is 3.25. The molecule has 0 N–H and O–H groups in total. The fraction of sp³-hybridized carbons (Fsp3) is 0.667. The van der Waals surface area contributed by atoms with E-state index in [4.69, 9.17) is 9.26 Å². The van der Waals surface area contributed by atoms with E-state index in [1.807, 2.05) is 26.8 Å². The number of aromatic nitrogens is 1. The molecule has 5 nitrogen and oxygen atoms in total. The van der Waals surface area contributed by atoms with Crippen molar-refractivity contribution in [1.29, 1.82) is 0 Å². The highest BCUT2D eigenvalue weighted by Crippen LogP contribution is 2.29. The molecule has 0 aromatic carbocycles. The van der Waals surface area contributed by atoms with Crippen LogP contribution in [0, 0.1) is 0 Å². The highest BCUT2D eigenvalue weighted by atomic mass is 79.9. The van der Waals surface area contributed by atoms with Gasteiger partial charge < -0.3 is 14.2 Å². The topological polar surface area (TPSA) is 55.6 Å². The summed E-state index contributed by atoms with van der Waals surface area (Å²) in [5, 5.41) is 3.80. The smallest absolute Gasteiger partial charge is 0.410 e. The van der Waals surface area contributed by atoms with E-state index in [1.54, 1.807) is 4.90 Å². The number of rotatable bonds is 1. The number of amides is 1. The van der Waals surface area contributed by atoms with Crippen LogP contribution in [0.1, 0.15) is 38.9 Å². The zero-order chi connectivity index (χ0) is 13.3. The molecule has 0 bridgehead atoms. The molecule has 1 saturated heterocycles. The van der Waals surface area contributed by atoms with Gasteiger partial charge in [-0.05, 0) is 43.1 Å². The van der Waals surface area contributed by atoms with E-state index < -0.39 is 5.60 Å². The van der Waals surface area contributed by atoms with Crippen molar-refractivity contribution < 1.29 is 14.1 Å². The SMILES string of the molecule is CC(C)(C)OC(=O)N1CCC(c2cc(Br)no2)C1. The molecule has 1 aromatic rings. The van der Waals surface area contributed by atoms with Gasteiger partial charge >= 0.3 is 6.09 Å². The van der Waals surface area contributed by atoms with Crippen molar-refractivity contribution >= 4 is 22.0 Å². The van der Waals surface area contributed by atoms with Gasteiger partial charge in [0.05, 0.1) is 0 Å². The van der Waals surface area contributed by atoms with Crippen molar-refractivity contribution in [2.75, 3.05) is 13.1 Å². The first-order chi connectivity index (χ1) is 8.35. The Balaban J connectivity index is 1.94. The van der Waals surface area contributed by atoms with Crippen LogP contribution in [0.25, 0.3) is 0 Å². The van der Waals surface area contributed by atoms with E-state index in [2.05, 4.69) is 21.1 Å². The molecule has 1 aromatic heterocycles. The summed E-state index contributed by atoms with van der Waals surface area (Å²) in [6.45, 7) is 6.92. The monoisotopic (exact) mass is 316 g/mol. The zero-order valence-corrected chi connectivity index (χ0v) is 12.4. The lowest BCUT2D eigenvalue weighted by Crippen LogP contribution is -2.35. The average molecular weight is 317 g/mol. The molecule has 18 heavy (non-hydrogen) atoms. The van der Waals surface area contributed by atoms with Crippen LogP contribution < -0.4 is 0 Å². The Morgan fingerprint density at radius 2 is 2.33 bits per heavy atom. The van der Waals surface area contributed by atoms with E-state index >= 15 is 0 Å². The number of halogens is 1. The second-order valence-electron chi connectivity index (χ2n) is 5.46. The molecule has 1 aliphatic rings. The maximum absolute atomic E-state index is 11.9. The van der Waals surface area contributed by atoms with Crippen molar-refractivity contribution in [3.63, 3.8) is 0 Å². The first-order valence-corrected chi connectivity index (χ1v) is 6.74.